The lowest BCUT2D eigenvalue weighted by Gasteiger charge is -2.07. The Morgan fingerprint density at radius 2 is 2.10 bits per heavy atom. The third kappa shape index (κ3) is 2.42. The van der Waals surface area contributed by atoms with E-state index in [1.165, 1.54) is 0 Å². The summed E-state index contributed by atoms with van der Waals surface area (Å²) in [5, 5.41) is 11.3. The van der Waals surface area contributed by atoms with Crippen LogP contribution in [-0.2, 0) is 11.2 Å². The Labute approximate surface area is 125 Å². The number of pyridine rings is 1. The molecule has 0 saturated heterocycles. The average molecular weight is 301 g/mol. The van der Waals surface area contributed by atoms with Crippen molar-refractivity contribution in [1.29, 1.82) is 0 Å². The summed E-state index contributed by atoms with van der Waals surface area (Å²) in [6, 6.07) is 3.71. The zero-order chi connectivity index (χ0) is 15.0. The van der Waals surface area contributed by atoms with Crippen LogP contribution in [0.3, 0.4) is 0 Å². The molecule has 0 radical (unpaired) electrons. The van der Waals surface area contributed by atoms with E-state index >= 15 is 0 Å². The van der Waals surface area contributed by atoms with Gasteiger partial charge in [-0.1, -0.05) is 13.8 Å². The number of fused-ring (bicyclic) bond motifs is 1. The van der Waals surface area contributed by atoms with Crippen LogP contribution < -0.4 is 0 Å². The van der Waals surface area contributed by atoms with Crippen LogP contribution in [0.1, 0.15) is 31.2 Å². The highest BCUT2D eigenvalue weighted by Gasteiger charge is 2.20. The minimum Gasteiger partial charge on any atom is -0.481 e. The summed E-state index contributed by atoms with van der Waals surface area (Å²) in [5.74, 6) is -0.543. The molecule has 0 aromatic carbocycles. The van der Waals surface area contributed by atoms with Crippen molar-refractivity contribution in [2.24, 2.45) is 0 Å². The summed E-state index contributed by atoms with van der Waals surface area (Å²) in [6.45, 7) is 4.19. The van der Waals surface area contributed by atoms with E-state index in [9.17, 15) is 9.90 Å². The summed E-state index contributed by atoms with van der Waals surface area (Å²) in [5.41, 5.74) is 3.45. The number of carboxylic acids is 1. The fourth-order valence-electron chi connectivity index (χ4n) is 2.38. The molecule has 0 bridgehead atoms. The average Bonchev–Trinajstić information content (AvgIpc) is 3.00. The molecule has 0 amide bonds. The van der Waals surface area contributed by atoms with Crippen molar-refractivity contribution in [3.63, 3.8) is 0 Å². The number of hydrogen-bond acceptors (Lipinski definition) is 4. The fourth-order valence-corrected chi connectivity index (χ4v) is 3.45. The second kappa shape index (κ2) is 5.29. The first kappa shape index (κ1) is 13.8. The topological polar surface area (TPSA) is 67.5 Å². The molecule has 108 valence electrons. The molecule has 0 spiro atoms. The molecular weight excluding hydrogens is 286 g/mol. The van der Waals surface area contributed by atoms with E-state index in [1.807, 2.05) is 16.5 Å². The highest BCUT2D eigenvalue weighted by atomic mass is 32.1. The van der Waals surface area contributed by atoms with E-state index < -0.39 is 5.97 Å². The molecule has 0 aliphatic heterocycles. The Balaban J connectivity index is 2.27. The number of carboxylic acid groups (broad SMARTS) is 1. The number of thiazole rings is 1. The Morgan fingerprint density at radius 1 is 1.38 bits per heavy atom. The zero-order valence-electron chi connectivity index (χ0n) is 11.8. The quantitative estimate of drug-likeness (QED) is 0.803. The molecule has 0 aliphatic rings. The molecule has 21 heavy (non-hydrogen) atoms. The maximum atomic E-state index is 11.2. The van der Waals surface area contributed by atoms with Crippen molar-refractivity contribution in [3.05, 3.63) is 41.3 Å². The van der Waals surface area contributed by atoms with Gasteiger partial charge in [-0.25, -0.2) is 4.98 Å². The van der Waals surface area contributed by atoms with Crippen molar-refractivity contribution in [1.82, 2.24) is 14.4 Å². The van der Waals surface area contributed by atoms with Gasteiger partial charge in [-0.15, -0.1) is 11.3 Å². The molecular formula is C15H15N3O2S. The maximum absolute atomic E-state index is 11.2. The smallest absolute Gasteiger partial charge is 0.309 e. The van der Waals surface area contributed by atoms with Crippen molar-refractivity contribution >= 4 is 22.3 Å². The summed E-state index contributed by atoms with van der Waals surface area (Å²) in [6.07, 6.45) is 3.34. The van der Waals surface area contributed by atoms with Crippen LogP contribution in [0, 0.1) is 0 Å². The molecule has 0 fully saturated rings. The van der Waals surface area contributed by atoms with E-state index in [2.05, 4.69) is 29.2 Å². The standard InChI is InChI=1S/C15H15N3O2S/c1-9(2)12-8-21-15-17-14(10-3-5-16-6-4-10)11(18(12)15)7-13(19)20/h3-6,8-9H,7H2,1-2H3,(H,19,20). The molecule has 1 N–H and O–H groups in total. The lowest BCUT2D eigenvalue weighted by Crippen LogP contribution is -2.06. The number of nitrogens with zero attached hydrogens (tertiary/aromatic N) is 3. The van der Waals surface area contributed by atoms with Crippen LogP contribution in [0.15, 0.2) is 29.9 Å². The van der Waals surface area contributed by atoms with Gasteiger partial charge in [-0.3, -0.25) is 14.2 Å². The highest BCUT2D eigenvalue weighted by molar-refractivity contribution is 7.15. The summed E-state index contributed by atoms with van der Waals surface area (Å²) >= 11 is 1.54. The fraction of sp³-hybridized carbons (Fsp3) is 0.267. The molecule has 5 nitrogen and oxygen atoms in total. The van der Waals surface area contributed by atoms with E-state index in [-0.39, 0.29) is 6.42 Å². The van der Waals surface area contributed by atoms with Crippen LogP contribution in [0.4, 0.5) is 0 Å². The SMILES string of the molecule is CC(C)c1csc2nc(-c3ccncc3)c(CC(=O)O)n12. The predicted octanol–water partition coefficient (Wildman–Crippen LogP) is 3.21. The van der Waals surface area contributed by atoms with Gasteiger partial charge in [0.05, 0.1) is 17.8 Å². The third-order valence-electron chi connectivity index (χ3n) is 3.35. The number of aromatic nitrogens is 3. The van der Waals surface area contributed by atoms with Crippen molar-refractivity contribution in [3.8, 4) is 11.3 Å². The number of rotatable bonds is 4. The minimum absolute atomic E-state index is 0.0464. The maximum Gasteiger partial charge on any atom is 0.309 e. The molecule has 6 heteroatoms. The third-order valence-corrected chi connectivity index (χ3v) is 4.19. The molecule has 3 aromatic heterocycles. The largest absolute Gasteiger partial charge is 0.481 e. The molecule has 0 saturated carbocycles. The number of imidazole rings is 1. The summed E-state index contributed by atoms with van der Waals surface area (Å²) < 4.78 is 1.99. The van der Waals surface area contributed by atoms with Crippen LogP contribution >= 0.6 is 11.3 Å². The number of carbonyl (C=O) groups is 1. The lowest BCUT2D eigenvalue weighted by molar-refractivity contribution is -0.136. The molecule has 3 aromatic rings. The summed E-state index contributed by atoms with van der Waals surface area (Å²) in [7, 11) is 0. The Bertz CT molecular complexity index is 790. The van der Waals surface area contributed by atoms with Crippen molar-refractivity contribution in [2.75, 3.05) is 0 Å². The number of aliphatic carboxylic acids is 1. The van der Waals surface area contributed by atoms with Gasteiger partial charge >= 0.3 is 5.97 Å². The summed E-state index contributed by atoms with van der Waals surface area (Å²) in [4.78, 5) is 20.7. The van der Waals surface area contributed by atoms with Gasteiger partial charge in [-0.05, 0) is 18.1 Å². The predicted molar refractivity (Wildman–Crippen MR) is 81.7 cm³/mol. The van der Waals surface area contributed by atoms with Crippen molar-refractivity contribution < 1.29 is 9.90 Å². The van der Waals surface area contributed by atoms with Crippen molar-refractivity contribution in [2.45, 2.75) is 26.2 Å². The lowest BCUT2D eigenvalue weighted by atomic mass is 10.1. The van der Waals surface area contributed by atoms with Gasteiger partial charge in [-0.2, -0.15) is 0 Å². The Hall–Kier alpha value is -2.21. The Morgan fingerprint density at radius 3 is 2.71 bits per heavy atom. The number of hydrogen-bond donors (Lipinski definition) is 1. The monoisotopic (exact) mass is 301 g/mol. The molecule has 0 atom stereocenters. The second-order valence-electron chi connectivity index (χ2n) is 5.15. The van der Waals surface area contributed by atoms with E-state index in [0.717, 1.165) is 27.6 Å². The molecule has 3 rings (SSSR count). The molecule has 3 heterocycles. The van der Waals surface area contributed by atoms with Crippen LogP contribution in [0.5, 0.6) is 0 Å². The van der Waals surface area contributed by atoms with E-state index in [0.29, 0.717) is 5.92 Å². The van der Waals surface area contributed by atoms with Gasteiger partial charge in [0.2, 0.25) is 0 Å². The Kier molecular flexibility index (Phi) is 3.47. The van der Waals surface area contributed by atoms with Gasteiger partial charge in [0, 0.05) is 29.0 Å². The first-order chi connectivity index (χ1) is 10.1. The van der Waals surface area contributed by atoms with E-state index in [4.69, 9.17) is 0 Å². The van der Waals surface area contributed by atoms with Crippen LogP contribution in [0.2, 0.25) is 0 Å². The highest BCUT2D eigenvalue weighted by Crippen LogP contribution is 2.31. The van der Waals surface area contributed by atoms with Crippen LogP contribution in [0.25, 0.3) is 16.2 Å². The van der Waals surface area contributed by atoms with Crippen LogP contribution in [-0.4, -0.2) is 25.4 Å². The first-order valence-corrected chi connectivity index (χ1v) is 7.56. The minimum atomic E-state index is -0.854. The van der Waals surface area contributed by atoms with Gasteiger partial charge in [0.25, 0.3) is 0 Å². The first-order valence-electron chi connectivity index (χ1n) is 6.69. The molecule has 0 unspecified atom stereocenters. The normalized spacial score (nSPS) is 11.4. The van der Waals surface area contributed by atoms with E-state index in [1.54, 1.807) is 23.7 Å². The van der Waals surface area contributed by atoms with Gasteiger partial charge in [0.1, 0.15) is 0 Å². The zero-order valence-corrected chi connectivity index (χ0v) is 12.6. The molecule has 0 aliphatic carbocycles. The second-order valence-corrected chi connectivity index (χ2v) is 5.98. The van der Waals surface area contributed by atoms with Gasteiger partial charge < -0.3 is 5.11 Å². The van der Waals surface area contributed by atoms with Gasteiger partial charge in [0.15, 0.2) is 4.96 Å².